The fourth-order valence-electron chi connectivity index (χ4n) is 4.90. The highest BCUT2D eigenvalue weighted by atomic mass is 19.1. The first-order valence-electron chi connectivity index (χ1n) is 11.9. The first-order chi connectivity index (χ1) is 16.9. The highest BCUT2D eigenvalue weighted by molar-refractivity contribution is 5.95. The third-order valence-electron chi connectivity index (χ3n) is 6.98. The van der Waals surface area contributed by atoms with E-state index in [-0.39, 0.29) is 17.5 Å². The molecule has 0 saturated carbocycles. The first kappa shape index (κ1) is 23.0. The lowest BCUT2D eigenvalue weighted by molar-refractivity contribution is 0.0925. The number of piperidine rings is 1. The van der Waals surface area contributed by atoms with Crippen molar-refractivity contribution in [3.63, 3.8) is 0 Å². The van der Waals surface area contributed by atoms with E-state index in [1.54, 1.807) is 0 Å². The summed E-state index contributed by atoms with van der Waals surface area (Å²) in [6, 6.07) is 7.89. The van der Waals surface area contributed by atoms with Crippen molar-refractivity contribution in [2.75, 3.05) is 13.1 Å². The zero-order valence-corrected chi connectivity index (χ0v) is 20.2. The van der Waals surface area contributed by atoms with Gasteiger partial charge in [0.2, 0.25) is 0 Å². The smallest absolute Gasteiger partial charge is 0.272 e. The minimum atomic E-state index is -0.543. The number of aromatic nitrogens is 4. The minimum absolute atomic E-state index is 0.0473. The molecule has 1 amide bonds. The number of amides is 1. The van der Waals surface area contributed by atoms with Gasteiger partial charge in [-0.1, -0.05) is 0 Å². The SMILES string of the molecule is Cc1c2cc(-n3c(C4=CC(F)=C(C#N)CC4)nc(C(=O)N[C@@H]4CCCNC4)c3C)ccc2nn1C. The summed E-state index contributed by atoms with van der Waals surface area (Å²) in [6.07, 6.45) is 4.07. The van der Waals surface area contributed by atoms with Gasteiger partial charge in [0.1, 0.15) is 17.3 Å². The molecule has 1 aliphatic heterocycles. The summed E-state index contributed by atoms with van der Waals surface area (Å²) in [6.45, 7) is 5.55. The van der Waals surface area contributed by atoms with Crippen LogP contribution in [0.5, 0.6) is 0 Å². The molecule has 0 bridgehead atoms. The number of aryl methyl sites for hydroxylation is 2. The van der Waals surface area contributed by atoms with Crippen LogP contribution in [0.2, 0.25) is 0 Å². The van der Waals surface area contributed by atoms with E-state index in [4.69, 9.17) is 4.98 Å². The maximum atomic E-state index is 14.6. The van der Waals surface area contributed by atoms with E-state index in [1.807, 2.05) is 54.4 Å². The van der Waals surface area contributed by atoms with E-state index in [9.17, 15) is 14.4 Å². The van der Waals surface area contributed by atoms with Crippen molar-refractivity contribution >= 4 is 22.4 Å². The van der Waals surface area contributed by atoms with Crippen LogP contribution in [0.4, 0.5) is 4.39 Å². The van der Waals surface area contributed by atoms with Gasteiger partial charge in [-0.15, -0.1) is 0 Å². The van der Waals surface area contributed by atoms with E-state index in [2.05, 4.69) is 15.7 Å². The Morgan fingerprint density at radius 3 is 2.83 bits per heavy atom. The molecule has 1 aromatic carbocycles. The van der Waals surface area contributed by atoms with Gasteiger partial charge in [-0.05, 0) is 75.9 Å². The van der Waals surface area contributed by atoms with Gasteiger partial charge in [-0.25, -0.2) is 9.37 Å². The summed E-state index contributed by atoms with van der Waals surface area (Å²) in [5.74, 6) is -0.263. The Kier molecular flexibility index (Phi) is 5.99. The lowest BCUT2D eigenvalue weighted by Gasteiger charge is -2.23. The number of nitriles is 1. The number of rotatable bonds is 4. The standard InChI is InChI=1S/C26H28FN7O/c1-15-21-12-20(8-9-23(21)32-33(15)3)34-16(2)24(26(35)30-19-5-4-10-29-14-19)31-25(34)17-6-7-18(13-28)22(27)11-17/h8-9,11-12,19,29H,4-7,10,14H2,1-3H3,(H,30,35)/t19-/m1/s1. The summed E-state index contributed by atoms with van der Waals surface area (Å²) in [5.41, 5.74) is 4.52. The Balaban J connectivity index is 1.63. The summed E-state index contributed by atoms with van der Waals surface area (Å²) in [7, 11) is 1.90. The van der Waals surface area contributed by atoms with Crippen molar-refractivity contribution in [3.05, 3.63) is 58.6 Å². The van der Waals surface area contributed by atoms with Crippen molar-refractivity contribution in [3.8, 4) is 11.8 Å². The molecule has 2 aromatic heterocycles. The molecule has 5 rings (SSSR count). The average Bonchev–Trinajstić information content (AvgIpc) is 3.35. The predicted molar refractivity (Wildman–Crippen MR) is 132 cm³/mol. The molecule has 0 spiro atoms. The highest BCUT2D eigenvalue weighted by Crippen LogP contribution is 2.34. The van der Waals surface area contributed by atoms with E-state index < -0.39 is 5.83 Å². The van der Waals surface area contributed by atoms with Crippen molar-refractivity contribution in [2.45, 2.75) is 45.6 Å². The van der Waals surface area contributed by atoms with Gasteiger partial charge < -0.3 is 10.6 Å². The first-order valence-corrected chi connectivity index (χ1v) is 11.9. The van der Waals surface area contributed by atoms with Crippen LogP contribution in [0.3, 0.4) is 0 Å². The zero-order chi connectivity index (χ0) is 24.7. The van der Waals surface area contributed by atoms with Crippen LogP contribution in [0.15, 0.2) is 35.7 Å². The van der Waals surface area contributed by atoms with E-state index in [0.717, 1.165) is 48.2 Å². The molecule has 1 aliphatic carbocycles. The summed E-state index contributed by atoms with van der Waals surface area (Å²) in [4.78, 5) is 18.0. The van der Waals surface area contributed by atoms with Crippen molar-refractivity contribution in [1.29, 1.82) is 5.26 Å². The van der Waals surface area contributed by atoms with Gasteiger partial charge in [0.05, 0.1) is 22.9 Å². The van der Waals surface area contributed by atoms with Crippen molar-refractivity contribution < 1.29 is 9.18 Å². The molecule has 2 N–H and O–H groups in total. The Morgan fingerprint density at radius 1 is 1.29 bits per heavy atom. The largest absolute Gasteiger partial charge is 0.347 e. The maximum absolute atomic E-state index is 14.6. The summed E-state index contributed by atoms with van der Waals surface area (Å²) >= 11 is 0. The average molecular weight is 474 g/mol. The van der Waals surface area contributed by atoms with E-state index in [1.165, 1.54) is 6.08 Å². The van der Waals surface area contributed by atoms with Crippen LogP contribution >= 0.6 is 0 Å². The molecule has 9 heteroatoms. The zero-order valence-electron chi connectivity index (χ0n) is 20.2. The molecule has 3 heterocycles. The number of halogens is 1. The van der Waals surface area contributed by atoms with E-state index in [0.29, 0.717) is 35.6 Å². The lowest BCUT2D eigenvalue weighted by atomic mass is 9.97. The number of imidazole rings is 1. The second-order valence-electron chi connectivity index (χ2n) is 9.24. The number of nitrogens with zero attached hydrogens (tertiary/aromatic N) is 5. The number of carbonyl (C=O) groups excluding carboxylic acids is 1. The highest BCUT2D eigenvalue weighted by Gasteiger charge is 2.27. The Bertz CT molecular complexity index is 1430. The monoisotopic (exact) mass is 473 g/mol. The molecular formula is C26H28FN7O. The molecule has 0 radical (unpaired) electrons. The maximum Gasteiger partial charge on any atom is 0.272 e. The second-order valence-corrected chi connectivity index (χ2v) is 9.24. The summed E-state index contributed by atoms with van der Waals surface area (Å²) < 4.78 is 18.4. The number of allylic oxidation sites excluding steroid dienone is 4. The second kappa shape index (κ2) is 9.12. The van der Waals surface area contributed by atoms with Gasteiger partial charge in [0.15, 0.2) is 0 Å². The fraction of sp³-hybridized carbons (Fsp3) is 0.385. The van der Waals surface area contributed by atoms with Gasteiger partial charge in [-0.3, -0.25) is 14.0 Å². The van der Waals surface area contributed by atoms with Crippen LogP contribution < -0.4 is 10.6 Å². The predicted octanol–water partition coefficient (Wildman–Crippen LogP) is 3.78. The van der Waals surface area contributed by atoms with Gasteiger partial charge in [0.25, 0.3) is 5.91 Å². The Morgan fingerprint density at radius 2 is 2.11 bits per heavy atom. The lowest BCUT2D eigenvalue weighted by Crippen LogP contribution is -2.45. The number of nitrogens with one attached hydrogen (secondary N) is 2. The Labute approximate surface area is 203 Å². The number of hydrogen-bond donors (Lipinski definition) is 2. The van der Waals surface area contributed by atoms with Gasteiger partial charge >= 0.3 is 0 Å². The minimum Gasteiger partial charge on any atom is -0.347 e. The molecule has 2 aliphatic rings. The van der Waals surface area contributed by atoms with E-state index >= 15 is 0 Å². The molecular weight excluding hydrogens is 445 g/mol. The third kappa shape index (κ3) is 4.15. The topological polar surface area (TPSA) is 101 Å². The van der Waals surface area contributed by atoms with Gasteiger partial charge in [-0.2, -0.15) is 10.4 Å². The molecule has 1 fully saturated rings. The van der Waals surface area contributed by atoms with Crippen LogP contribution in [-0.4, -0.2) is 44.4 Å². The number of benzene rings is 1. The normalized spacial score (nSPS) is 18.5. The van der Waals surface area contributed by atoms with Crippen LogP contribution in [0, 0.1) is 25.2 Å². The van der Waals surface area contributed by atoms with Crippen LogP contribution in [0.25, 0.3) is 22.2 Å². The van der Waals surface area contributed by atoms with Crippen LogP contribution in [-0.2, 0) is 7.05 Å². The molecule has 35 heavy (non-hydrogen) atoms. The molecule has 1 atom stereocenters. The van der Waals surface area contributed by atoms with Gasteiger partial charge in [0, 0.05) is 36.4 Å². The van der Waals surface area contributed by atoms with Crippen molar-refractivity contribution in [2.24, 2.45) is 7.05 Å². The molecule has 1 saturated heterocycles. The van der Waals surface area contributed by atoms with Crippen molar-refractivity contribution in [1.82, 2.24) is 30.0 Å². The summed E-state index contributed by atoms with van der Waals surface area (Å²) in [5, 5.41) is 21.1. The molecule has 3 aromatic rings. The fourth-order valence-corrected chi connectivity index (χ4v) is 4.90. The number of fused-ring (bicyclic) bond motifs is 1. The molecule has 180 valence electrons. The quantitative estimate of drug-likeness (QED) is 0.601. The molecule has 0 unspecified atom stereocenters. The molecule has 8 nitrogen and oxygen atoms in total. The third-order valence-corrected chi connectivity index (χ3v) is 6.98. The Hall–Kier alpha value is -3.77. The number of hydrogen-bond acceptors (Lipinski definition) is 5. The van der Waals surface area contributed by atoms with Crippen LogP contribution in [0.1, 0.15) is 53.4 Å². The number of carbonyl (C=O) groups is 1.